The molecule has 100 valence electrons. The number of halogens is 1. The summed E-state index contributed by atoms with van der Waals surface area (Å²) in [5, 5.41) is 0.642. The van der Waals surface area contributed by atoms with Gasteiger partial charge in [0, 0.05) is 16.1 Å². The second-order valence-corrected chi connectivity index (χ2v) is 7.47. The largest absolute Gasteiger partial charge is 0.232 e. The van der Waals surface area contributed by atoms with Crippen molar-refractivity contribution in [1.82, 2.24) is 9.97 Å². The van der Waals surface area contributed by atoms with Gasteiger partial charge in [-0.3, -0.25) is 0 Å². The van der Waals surface area contributed by atoms with E-state index in [0.29, 0.717) is 5.15 Å². The van der Waals surface area contributed by atoms with Crippen LogP contribution in [0.25, 0.3) is 10.7 Å². The third-order valence-electron chi connectivity index (χ3n) is 3.45. The van der Waals surface area contributed by atoms with Crippen LogP contribution in [0.5, 0.6) is 0 Å². The first kappa shape index (κ1) is 13.1. The van der Waals surface area contributed by atoms with E-state index in [1.165, 1.54) is 4.88 Å². The maximum Gasteiger partial charge on any atom is 0.171 e. The smallest absolute Gasteiger partial charge is 0.171 e. The van der Waals surface area contributed by atoms with Crippen LogP contribution in [0.15, 0.2) is 12.1 Å². The molecule has 0 atom stereocenters. The second-order valence-electron chi connectivity index (χ2n) is 6.03. The Kier molecular flexibility index (Phi) is 3.14. The molecular formula is C15H17ClN2S. The first-order valence-electron chi connectivity index (χ1n) is 6.61. The molecule has 0 radical (unpaired) electrons. The van der Waals surface area contributed by atoms with Crippen molar-refractivity contribution in [3.8, 4) is 10.7 Å². The van der Waals surface area contributed by atoms with Crippen LogP contribution in [0.1, 0.15) is 43.3 Å². The van der Waals surface area contributed by atoms with Gasteiger partial charge in [-0.25, -0.2) is 9.97 Å². The summed E-state index contributed by atoms with van der Waals surface area (Å²) in [5.74, 6) is 0.783. The first-order chi connectivity index (χ1) is 8.95. The van der Waals surface area contributed by atoms with Crippen LogP contribution >= 0.6 is 22.9 Å². The van der Waals surface area contributed by atoms with Gasteiger partial charge in [-0.15, -0.1) is 11.3 Å². The average Bonchev–Trinajstić information content (AvgIpc) is 2.96. The van der Waals surface area contributed by atoms with E-state index in [-0.39, 0.29) is 5.41 Å². The number of aryl methyl sites for hydroxylation is 1. The molecular weight excluding hydrogens is 276 g/mol. The molecule has 2 heterocycles. The predicted octanol–water partition coefficient (Wildman–Crippen LogP) is 4.64. The summed E-state index contributed by atoms with van der Waals surface area (Å²) >= 11 is 8.04. The molecule has 0 unspecified atom stereocenters. The van der Waals surface area contributed by atoms with E-state index in [1.54, 1.807) is 11.3 Å². The fraction of sp³-hybridized carbons (Fsp3) is 0.467. The van der Waals surface area contributed by atoms with Gasteiger partial charge in [0.25, 0.3) is 0 Å². The van der Waals surface area contributed by atoms with Crippen LogP contribution < -0.4 is 0 Å². The molecule has 1 aliphatic rings. The van der Waals surface area contributed by atoms with E-state index in [9.17, 15) is 0 Å². The highest BCUT2D eigenvalue weighted by atomic mass is 35.5. The molecule has 0 bridgehead atoms. The Morgan fingerprint density at radius 3 is 2.63 bits per heavy atom. The summed E-state index contributed by atoms with van der Waals surface area (Å²) < 4.78 is 0. The number of nitrogens with zero attached hydrogens (tertiary/aromatic N) is 2. The van der Waals surface area contributed by atoms with E-state index in [0.717, 1.165) is 41.2 Å². The monoisotopic (exact) mass is 292 g/mol. The summed E-state index contributed by atoms with van der Waals surface area (Å²) in [6.45, 7) is 6.66. The van der Waals surface area contributed by atoms with E-state index in [2.05, 4.69) is 37.9 Å². The molecule has 2 aromatic heterocycles. The highest BCUT2D eigenvalue weighted by molar-refractivity contribution is 7.15. The molecule has 3 rings (SSSR count). The Morgan fingerprint density at radius 2 is 1.95 bits per heavy atom. The van der Waals surface area contributed by atoms with Gasteiger partial charge in [-0.2, -0.15) is 0 Å². The molecule has 0 spiro atoms. The van der Waals surface area contributed by atoms with E-state index in [1.807, 2.05) is 0 Å². The third kappa shape index (κ3) is 2.41. The molecule has 0 aliphatic heterocycles. The van der Waals surface area contributed by atoms with E-state index < -0.39 is 0 Å². The molecule has 0 N–H and O–H groups in total. The standard InChI is InChI=1S/C15H17ClN2S/c1-15(2,3)12-8-7-11(19-12)14-17-10-6-4-5-9(10)13(16)18-14/h7-8H,4-6H2,1-3H3. The summed E-state index contributed by atoms with van der Waals surface area (Å²) in [6, 6.07) is 4.28. The average molecular weight is 293 g/mol. The van der Waals surface area contributed by atoms with Gasteiger partial charge in [0.2, 0.25) is 0 Å². The lowest BCUT2D eigenvalue weighted by Gasteiger charge is -2.15. The maximum absolute atomic E-state index is 6.27. The molecule has 0 amide bonds. The summed E-state index contributed by atoms with van der Waals surface area (Å²) in [7, 11) is 0. The van der Waals surface area contributed by atoms with Crippen molar-refractivity contribution in [3.63, 3.8) is 0 Å². The van der Waals surface area contributed by atoms with Crippen LogP contribution in [0, 0.1) is 0 Å². The quantitative estimate of drug-likeness (QED) is 0.715. The van der Waals surface area contributed by atoms with Crippen molar-refractivity contribution in [1.29, 1.82) is 0 Å². The fourth-order valence-electron chi connectivity index (χ4n) is 2.36. The maximum atomic E-state index is 6.27. The molecule has 0 saturated carbocycles. The summed E-state index contributed by atoms with van der Waals surface area (Å²) in [5.41, 5.74) is 2.46. The van der Waals surface area contributed by atoms with Gasteiger partial charge < -0.3 is 0 Å². The molecule has 2 aromatic rings. The fourth-order valence-corrected chi connectivity index (χ4v) is 3.64. The highest BCUT2D eigenvalue weighted by Crippen LogP contribution is 2.35. The van der Waals surface area contributed by atoms with Crippen LogP contribution in [-0.4, -0.2) is 9.97 Å². The van der Waals surface area contributed by atoms with Crippen LogP contribution in [0.2, 0.25) is 5.15 Å². The first-order valence-corrected chi connectivity index (χ1v) is 7.80. The molecule has 1 aliphatic carbocycles. The summed E-state index contributed by atoms with van der Waals surface area (Å²) in [4.78, 5) is 11.6. The van der Waals surface area contributed by atoms with E-state index >= 15 is 0 Å². The molecule has 0 fully saturated rings. The Bertz CT molecular complexity index is 626. The number of thiophene rings is 1. The Balaban J connectivity index is 2.03. The van der Waals surface area contributed by atoms with Gasteiger partial charge in [-0.1, -0.05) is 32.4 Å². The van der Waals surface area contributed by atoms with Crippen LogP contribution in [0.4, 0.5) is 0 Å². The molecule has 0 aromatic carbocycles. The molecule has 0 saturated heterocycles. The lowest BCUT2D eigenvalue weighted by molar-refractivity contribution is 0.604. The molecule has 19 heavy (non-hydrogen) atoms. The van der Waals surface area contributed by atoms with Gasteiger partial charge >= 0.3 is 0 Å². The zero-order valence-corrected chi connectivity index (χ0v) is 13.0. The van der Waals surface area contributed by atoms with Crippen molar-refractivity contribution >= 4 is 22.9 Å². The van der Waals surface area contributed by atoms with Gasteiger partial charge in [0.1, 0.15) is 5.15 Å². The Morgan fingerprint density at radius 1 is 1.16 bits per heavy atom. The molecule has 2 nitrogen and oxygen atoms in total. The normalized spacial score (nSPS) is 14.7. The Labute approximate surface area is 122 Å². The number of hydrogen-bond acceptors (Lipinski definition) is 3. The minimum Gasteiger partial charge on any atom is -0.232 e. The number of hydrogen-bond donors (Lipinski definition) is 0. The van der Waals surface area contributed by atoms with Gasteiger partial charge in [-0.05, 0) is 36.8 Å². The minimum absolute atomic E-state index is 0.170. The lowest BCUT2D eigenvalue weighted by Crippen LogP contribution is -2.07. The molecule has 4 heteroatoms. The lowest BCUT2D eigenvalue weighted by atomic mass is 9.95. The Hall–Kier alpha value is -0.930. The van der Waals surface area contributed by atoms with Gasteiger partial charge in [0.05, 0.1) is 4.88 Å². The van der Waals surface area contributed by atoms with Crippen molar-refractivity contribution in [3.05, 3.63) is 33.4 Å². The number of rotatable bonds is 1. The second kappa shape index (κ2) is 4.57. The number of aromatic nitrogens is 2. The zero-order valence-electron chi connectivity index (χ0n) is 11.5. The SMILES string of the molecule is CC(C)(C)c1ccc(-c2nc(Cl)c3c(n2)CCC3)s1. The predicted molar refractivity (Wildman–Crippen MR) is 81.1 cm³/mol. The van der Waals surface area contributed by atoms with Crippen LogP contribution in [-0.2, 0) is 18.3 Å². The minimum atomic E-state index is 0.170. The summed E-state index contributed by atoms with van der Waals surface area (Å²) in [6.07, 6.45) is 3.19. The van der Waals surface area contributed by atoms with E-state index in [4.69, 9.17) is 16.6 Å². The van der Waals surface area contributed by atoms with Crippen LogP contribution in [0.3, 0.4) is 0 Å². The topological polar surface area (TPSA) is 25.8 Å². The zero-order chi connectivity index (χ0) is 13.6. The van der Waals surface area contributed by atoms with Crippen molar-refractivity contribution in [2.24, 2.45) is 0 Å². The van der Waals surface area contributed by atoms with Gasteiger partial charge in [0.15, 0.2) is 5.82 Å². The highest BCUT2D eigenvalue weighted by Gasteiger charge is 2.21. The van der Waals surface area contributed by atoms with Crippen molar-refractivity contribution < 1.29 is 0 Å². The van der Waals surface area contributed by atoms with Crippen molar-refractivity contribution in [2.75, 3.05) is 0 Å². The number of fused-ring (bicyclic) bond motifs is 1. The third-order valence-corrected chi connectivity index (χ3v) is 5.27. The van der Waals surface area contributed by atoms with Crippen molar-refractivity contribution in [2.45, 2.75) is 45.4 Å².